The zero-order valence-electron chi connectivity index (χ0n) is 10.1. The van der Waals surface area contributed by atoms with E-state index in [1.54, 1.807) is 0 Å². The van der Waals surface area contributed by atoms with Gasteiger partial charge in [0.05, 0.1) is 0 Å². The Bertz CT molecular complexity index is 460. The topological polar surface area (TPSA) is 29.0 Å². The molecule has 1 aromatic heterocycles. The van der Waals surface area contributed by atoms with Crippen molar-refractivity contribution in [2.45, 2.75) is 25.9 Å². The van der Waals surface area contributed by atoms with Gasteiger partial charge in [-0.2, -0.15) is 13.2 Å². The maximum Gasteiger partial charge on any atom is 0.433 e. The first-order valence-electron chi connectivity index (χ1n) is 5.73. The molecule has 1 unspecified atom stereocenters. The predicted molar refractivity (Wildman–Crippen MR) is 58.1 cm³/mol. The highest BCUT2D eigenvalue weighted by Gasteiger charge is 2.35. The molecule has 0 amide bonds. The summed E-state index contributed by atoms with van der Waals surface area (Å²) in [5, 5.41) is 0. The van der Waals surface area contributed by atoms with E-state index < -0.39 is 24.2 Å². The fraction of sp³-hybridized carbons (Fsp3) is 0.636. The summed E-state index contributed by atoms with van der Waals surface area (Å²) in [5.41, 5.74) is -1.05. The Morgan fingerprint density at radius 3 is 2.53 bits per heavy atom. The second-order valence-electron chi connectivity index (χ2n) is 4.49. The second kappa shape index (κ2) is 4.90. The lowest BCUT2D eigenvalue weighted by Gasteiger charge is -2.19. The van der Waals surface area contributed by atoms with Crippen LogP contribution in [0.1, 0.15) is 17.9 Å². The molecule has 1 fully saturated rings. The maximum absolute atomic E-state index is 12.6. The van der Waals surface area contributed by atoms with E-state index in [4.69, 9.17) is 0 Å². The fourth-order valence-corrected chi connectivity index (χ4v) is 2.06. The van der Waals surface area contributed by atoms with E-state index in [0.717, 1.165) is 6.07 Å². The van der Waals surface area contributed by atoms with Crippen LogP contribution in [0, 0.1) is 12.8 Å². The molecule has 0 bridgehead atoms. The van der Waals surface area contributed by atoms with Gasteiger partial charge in [-0.3, -0.25) is 0 Å². The van der Waals surface area contributed by atoms with E-state index in [0.29, 0.717) is 0 Å². The monoisotopic (exact) mass is 281 g/mol. The molecule has 0 aromatic carbocycles. The van der Waals surface area contributed by atoms with Crippen molar-refractivity contribution in [3.63, 3.8) is 0 Å². The molecule has 0 N–H and O–H groups in total. The Morgan fingerprint density at radius 1 is 1.32 bits per heavy atom. The van der Waals surface area contributed by atoms with Gasteiger partial charge in [-0.05, 0) is 13.3 Å². The average molecular weight is 281 g/mol. The molecule has 2 rings (SSSR count). The zero-order valence-corrected chi connectivity index (χ0v) is 10.1. The number of halogens is 5. The van der Waals surface area contributed by atoms with E-state index in [1.807, 2.05) is 0 Å². The molecule has 0 radical (unpaired) electrons. The average Bonchev–Trinajstić information content (AvgIpc) is 2.76. The molecule has 0 aliphatic carbocycles. The highest BCUT2D eigenvalue weighted by atomic mass is 19.4. The lowest BCUT2D eigenvalue weighted by molar-refractivity contribution is -0.141. The number of hydrogen-bond donors (Lipinski definition) is 0. The molecule has 0 saturated carbocycles. The first kappa shape index (κ1) is 14.0. The van der Waals surface area contributed by atoms with Gasteiger partial charge in [-0.25, -0.2) is 18.7 Å². The number of nitrogens with zero attached hydrogens (tertiary/aromatic N) is 3. The number of aryl methyl sites for hydroxylation is 1. The van der Waals surface area contributed by atoms with Crippen LogP contribution in [-0.2, 0) is 6.18 Å². The lowest BCUT2D eigenvalue weighted by Crippen LogP contribution is -2.24. The number of hydrogen-bond acceptors (Lipinski definition) is 3. The highest BCUT2D eigenvalue weighted by Crippen LogP contribution is 2.32. The summed E-state index contributed by atoms with van der Waals surface area (Å²) in [5.74, 6) is -0.780. The van der Waals surface area contributed by atoms with Crippen molar-refractivity contribution in [1.29, 1.82) is 0 Å². The summed E-state index contributed by atoms with van der Waals surface area (Å²) < 4.78 is 62.9. The van der Waals surface area contributed by atoms with Crippen molar-refractivity contribution in [1.82, 2.24) is 9.97 Å². The quantitative estimate of drug-likeness (QED) is 0.780. The molecule has 1 aliphatic heterocycles. The van der Waals surface area contributed by atoms with E-state index in [2.05, 4.69) is 9.97 Å². The van der Waals surface area contributed by atoms with E-state index in [9.17, 15) is 22.0 Å². The molecule has 106 valence electrons. The fourth-order valence-electron chi connectivity index (χ4n) is 2.06. The molecule has 1 atom stereocenters. The summed E-state index contributed by atoms with van der Waals surface area (Å²) >= 11 is 0. The first-order valence-corrected chi connectivity index (χ1v) is 5.73. The molecule has 1 aromatic rings. The van der Waals surface area contributed by atoms with Crippen LogP contribution in [0.2, 0.25) is 0 Å². The Kier molecular flexibility index (Phi) is 3.60. The van der Waals surface area contributed by atoms with Gasteiger partial charge in [-0.15, -0.1) is 0 Å². The molecule has 1 aliphatic rings. The molecule has 8 heteroatoms. The van der Waals surface area contributed by atoms with Gasteiger partial charge in [-0.1, -0.05) is 0 Å². The van der Waals surface area contributed by atoms with E-state index in [1.165, 1.54) is 11.8 Å². The summed E-state index contributed by atoms with van der Waals surface area (Å²) in [6.45, 7) is 1.65. The molecule has 3 nitrogen and oxygen atoms in total. The van der Waals surface area contributed by atoms with Crippen molar-refractivity contribution >= 4 is 5.82 Å². The summed E-state index contributed by atoms with van der Waals surface area (Å²) in [6, 6.07) is 0.806. The van der Waals surface area contributed by atoms with Gasteiger partial charge in [0.25, 0.3) is 0 Å². The third-order valence-electron chi connectivity index (χ3n) is 3.02. The third-order valence-corrected chi connectivity index (χ3v) is 3.02. The molecular formula is C11H12F5N3. The lowest BCUT2D eigenvalue weighted by atomic mass is 10.1. The summed E-state index contributed by atoms with van der Waals surface area (Å²) in [6.07, 6.45) is -6.78. The minimum absolute atomic E-state index is 0.0193. The Hall–Kier alpha value is -1.47. The van der Waals surface area contributed by atoms with Crippen LogP contribution in [0.25, 0.3) is 0 Å². The van der Waals surface area contributed by atoms with Crippen molar-refractivity contribution in [3.8, 4) is 0 Å². The standard InChI is InChI=1S/C11H12F5N3/c1-6-17-8(11(14,15)16)4-9(18-6)19-3-2-7(5-19)10(12)13/h4,7,10H,2-3,5H2,1H3. The molecule has 19 heavy (non-hydrogen) atoms. The van der Waals surface area contributed by atoms with Gasteiger partial charge >= 0.3 is 6.18 Å². The van der Waals surface area contributed by atoms with Crippen molar-refractivity contribution in [3.05, 3.63) is 17.6 Å². The molecule has 2 heterocycles. The molecular weight excluding hydrogens is 269 g/mol. The smallest absolute Gasteiger partial charge is 0.356 e. The molecule has 1 saturated heterocycles. The van der Waals surface area contributed by atoms with Crippen LogP contribution in [-0.4, -0.2) is 29.5 Å². The summed E-state index contributed by atoms with van der Waals surface area (Å²) in [4.78, 5) is 8.66. The van der Waals surface area contributed by atoms with Crippen LogP contribution in [0.15, 0.2) is 6.07 Å². The normalized spacial score (nSPS) is 20.4. The van der Waals surface area contributed by atoms with Crippen LogP contribution in [0.4, 0.5) is 27.8 Å². The van der Waals surface area contributed by atoms with Crippen LogP contribution >= 0.6 is 0 Å². The van der Waals surface area contributed by atoms with Crippen LogP contribution in [0.3, 0.4) is 0 Å². The number of rotatable bonds is 2. The Labute approximate surface area is 106 Å². The van der Waals surface area contributed by atoms with Crippen LogP contribution in [0.5, 0.6) is 0 Å². The van der Waals surface area contributed by atoms with Crippen LogP contribution < -0.4 is 4.90 Å². The minimum Gasteiger partial charge on any atom is -0.356 e. The number of alkyl halides is 5. The van der Waals surface area contributed by atoms with Gasteiger partial charge in [0, 0.05) is 25.1 Å². The SMILES string of the molecule is Cc1nc(N2CCC(C(F)F)C2)cc(C(F)(F)F)n1. The second-order valence-corrected chi connectivity index (χ2v) is 4.49. The van der Waals surface area contributed by atoms with Gasteiger partial charge in [0.15, 0.2) is 0 Å². The van der Waals surface area contributed by atoms with Crippen molar-refractivity contribution in [2.75, 3.05) is 18.0 Å². The number of anilines is 1. The first-order chi connectivity index (χ1) is 8.77. The number of aromatic nitrogens is 2. The highest BCUT2D eigenvalue weighted by molar-refractivity contribution is 5.41. The Morgan fingerprint density at radius 2 is 2.00 bits per heavy atom. The Balaban J connectivity index is 2.24. The maximum atomic E-state index is 12.6. The van der Waals surface area contributed by atoms with Gasteiger partial charge < -0.3 is 4.90 Å². The predicted octanol–water partition coefficient (Wildman–Crippen LogP) is 2.90. The third kappa shape index (κ3) is 3.10. The summed E-state index contributed by atoms with van der Waals surface area (Å²) in [7, 11) is 0. The zero-order chi connectivity index (χ0) is 14.2. The van der Waals surface area contributed by atoms with E-state index >= 15 is 0 Å². The van der Waals surface area contributed by atoms with Gasteiger partial charge in [0.1, 0.15) is 17.3 Å². The van der Waals surface area contributed by atoms with E-state index in [-0.39, 0.29) is 31.2 Å². The van der Waals surface area contributed by atoms with Crippen molar-refractivity contribution < 1.29 is 22.0 Å². The minimum atomic E-state index is -4.57. The molecule has 0 spiro atoms. The van der Waals surface area contributed by atoms with Gasteiger partial charge in [0.2, 0.25) is 6.43 Å². The largest absolute Gasteiger partial charge is 0.433 e. The van der Waals surface area contributed by atoms with Crippen molar-refractivity contribution in [2.24, 2.45) is 5.92 Å².